The van der Waals surface area contributed by atoms with Crippen LogP contribution in [0.15, 0.2) is 64.0 Å². The van der Waals surface area contributed by atoms with Crippen LogP contribution in [-0.4, -0.2) is 15.0 Å². The van der Waals surface area contributed by atoms with Gasteiger partial charge in [-0.2, -0.15) is 0 Å². The number of benzene rings is 3. The van der Waals surface area contributed by atoms with Crippen LogP contribution in [0.25, 0.3) is 0 Å². The Bertz CT molecular complexity index is 1210. The molecule has 0 fully saturated rings. The number of nitrogens with two attached hydrogens (primary N) is 1. The van der Waals surface area contributed by atoms with Crippen molar-refractivity contribution in [3.8, 4) is 11.5 Å². The first kappa shape index (κ1) is 24.7. The molecular formula is C22H21BrCl2N2O4S. The lowest BCUT2D eigenvalue weighted by Gasteiger charge is -2.16. The molecule has 0 saturated carbocycles. The molecule has 0 saturated heterocycles. The fraction of sp³-hybridized carbons (Fsp3) is 0.182. The molecule has 0 atom stereocenters. The number of ether oxygens (including phenoxy) is 2. The molecule has 10 heteroatoms. The Balaban J connectivity index is 1.74. The topological polar surface area (TPSA) is 90.6 Å². The van der Waals surface area contributed by atoms with E-state index >= 15 is 0 Å². The number of hydrogen-bond acceptors (Lipinski definition) is 5. The van der Waals surface area contributed by atoms with E-state index in [1.807, 2.05) is 25.1 Å². The van der Waals surface area contributed by atoms with Crippen molar-refractivity contribution in [2.24, 2.45) is 5.14 Å². The molecule has 6 nitrogen and oxygen atoms in total. The standard InChI is InChI=1S/C22H21BrCl2N2O4S/c1-2-30-21-9-15(12-27-17-5-7-18(8-6-17)32(26,28)29)19(23)11-22(21)31-13-14-3-4-16(24)10-20(14)25/h3-11,27H,2,12-13H2,1H3,(H2,26,28,29). The Kier molecular flexibility index (Phi) is 8.30. The number of sulfonamides is 1. The van der Waals surface area contributed by atoms with Crippen molar-refractivity contribution in [2.45, 2.75) is 25.0 Å². The first-order chi connectivity index (χ1) is 15.2. The van der Waals surface area contributed by atoms with Gasteiger partial charge in [-0.1, -0.05) is 45.2 Å². The third kappa shape index (κ3) is 6.52. The molecule has 0 aliphatic rings. The summed E-state index contributed by atoms with van der Waals surface area (Å²) in [5.74, 6) is 1.17. The Labute approximate surface area is 205 Å². The smallest absolute Gasteiger partial charge is 0.238 e. The average Bonchev–Trinajstić information content (AvgIpc) is 2.73. The van der Waals surface area contributed by atoms with Crippen LogP contribution < -0.4 is 19.9 Å². The van der Waals surface area contributed by atoms with Gasteiger partial charge in [-0.05, 0) is 61.0 Å². The van der Waals surface area contributed by atoms with Gasteiger partial charge in [0, 0.05) is 32.3 Å². The Hall–Kier alpha value is -1.97. The van der Waals surface area contributed by atoms with Gasteiger partial charge in [0.2, 0.25) is 10.0 Å². The molecule has 0 spiro atoms. The van der Waals surface area contributed by atoms with Crippen LogP contribution in [0.4, 0.5) is 5.69 Å². The Morgan fingerprint density at radius 1 is 0.969 bits per heavy atom. The second kappa shape index (κ2) is 10.8. The third-order valence-corrected chi connectivity index (χ3v) is 6.73. The number of rotatable bonds is 9. The van der Waals surface area contributed by atoms with Gasteiger partial charge in [-0.3, -0.25) is 0 Å². The summed E-state index contributed by atoms with van der Waals surface area (Å²) in [5, 5.41) is 9.48. The third-order valence-electron chi connectivity index (χ3n) is 4.48. The second-order valence-electron chi connectivity index (χ2n) is 6.77. The van der Waals surface area contributed by atoms with Gasteiger partial charge in [0.05, 0.1) is 11.5 Å². The summed E-state index contributed by atoms with van der Waals surface area (Å²) < 4.78 is 35.3. The molecule has 0 aliphatic heterocycles. The molecule has 0 aromatic heterocycles. The lowest BCUT2D eigenvalue weighted by atomic mass is 10.2. The SMILES string of the molecule is CCOc1cc(CNc2ccc(S(N)(=O)=O)cc2)c(Br)cc1OCc1ccc(Cl)cc1Cl. The minimum atomic E-state index is -3.72. The highest BCUT2D eigenvalue weighted by Gasteiger charge is 2.13. The van der Waals surface area contributed by atoms with E-state index in [-0.39, 0.29) is 11.5 Å². The molecular weight excluding hydrogens is 539 g/mol. The highest BCUT2D eigenvalue weighted by Crippen LogP contribution is 2.35. The van der Waals surface area contributed by atoms with Crippen molar-refractivity contribution in [3.63, 3.8) is 0 Å². The van der Waals surface area contributed by atoms with Gasteiger partial charge >= 0.3 is 0 Å². The van der Waals surface area contributed by atoms with Gasteiger partial charge in [0.25, 0.3) is 0 Å². The molecule has 0 aliphatic carbocycles. The molecule has 32 heavy (non-hydrogen) atoms. The van der Waals surface area contributed by atoms with Crippen molar-refractivity contribution >= 4 is 54.8 Å². The summed E-state index contributed by atoms with van der Waals surface area (Å²) >= 11 is 15.8. The average molecular weight is 560 g/mol. The first-order valence-electron chi connectivity index (χ1n) is 9.56. The van der Waals surface area contributed by atoms with Crippen molar-refractivity contribution < 1.29 is 17.9 Å². The Morgan fingerprint density at radius 2 is 1.66 bits per heavy atom. The monoisotopic (exact) mass is 558 g/mol. The number of anilines is 1. The largest absolute Gasteiger partial charge is 0.490 e. The molecule has 0 bridgehead atoms. The first-order valence-corrected chi connectivity index (χ1v) is 12.7. The Morgan fingerprint density at radius 3 is 2.28 bits per heavy atom. The van der Waals surface area contributed by atoms with Gasteiger partial charge in [0.15, 0.2) is 11.5 Å². The van der Waals surface area contributed by atoms with E-state index < -0.39 is 10.0 Å². The lowest BCUT2D eigenvalue weighted by molar-refractivity contribution is 0.269. The zero-order valence-electron chi connectivity index (χ0n) is 17.1. The molecule has 3 aromatic carbocycles. The summed E-state index contributed by atoms with van der Waals surface area (Å²) in [5.41, 5.74) is 2.49. The van der Waals surface area contributed by atoms with Gasteiger partial charge < -0.3 is 14.8 Å². The van der Waals surface area contributed by atoms with Crippen molar-refractivity contribution in [3.05, 3.63) is 80.2 Å². The highest BCUT2D eigenvalue weighted by atomic mass is 79.9. The fourth-order valence-electron chi connectivity index (χ4n) is 2.85. The summed E-state index contributed by atoms with van der Waals surface area (Å²) in [4.78, 5) is 0.0603. The normalized spacial score (nSPS) is 11.3. The van der Waals surface area contributed by atoms with E-state index in [0.29, 0.717) is 34.7 Å². The van der Waals surface area contributed by atoms with Gasteiger partial charge in [-0.15, -0.1) is 0 Å². The van der Waals surface area contributed by atoms with E-state index in [2.05, 4.69) is 21.2 Å². The van der Waals surface area contributed by atoms with Crippen LogP contribution in [-0.2, 0) is 23.2 Å². The van der Waals surface area contributed by atoms with E-state index in [9.17, 15) is 8.42 Å². The van der Waals surface area contributed by atoms with Crippen LogP contribution >= 0.6 is 39.1 Å². The molecule has 0 radical (unpaired) electrons. The number of hydrogen-bond donors (Lipinski definition) is 2. The number of primary sulfonamides is 1. The minimum Gasteiger partial charge on any atom is -0.490 e. The lowest BCUT2D eigenvalue weighted by Crippen LogP contribution is -2.12. The molecule has 0 amide bonds. The van der Waals surface area contributed by atoms with Crippen molar-refractivity contribution in [1.29, 1.82) is 0 Å². The quantitative estimate of drug-likeness (QED) is 0.336. The molecule has 3 rings (SSSR count). The van der Waals surface area contributed by atoms with E-state index in [4.69, 9.17) is 37.8 Å². The van der Waals surface area contributed by atoms with E-state index in [0.717, 1.165) is 21.3 Å². The predicted molar refractivity (Wildman–Crippen MR) is 131 cm³/mol. The maximum absolute atomic E-state index is 11.4. The summed E-state index contributed by atoms with van der Waals surface area (Å²) in [7, 11) is -3.72. The molecule has 0 unspecified atom stereocenters. The zero-order chi connectivity index (χ0) is 23.3. The molecule has 170 valence electrons. The van der Waals surface area contributed by atoms with E-state index in [1.54, 1.807) is 24.3 Å². The highest BCUT2D eigenvalue weighted by molar-refractivity contribution is 9.10. The maximum Gasteiger partial charge on any atom is 0.238 e. The van der Waals surface area contributed by atoms with Crippen LogP contribution in [0.2, 0.25) is 10.0 Å². The fourth-order valence-corrected chi connectivity index (χ4v) is 4.29. The van der Waals surface area contributed by atoms with E-state index in [1.165, 1.54) is 12.1 Å². The van der Waals surface area contributed by atoms with Crippen LogP contribution in [0.1, 0.15) is 18.1 Å². The van der Waals surface area contributed by atoms with Gasteiger partial charge in [0.1, 0.15) is 6.61 Å². The maximum atomic E-state index is 11.4. The molecule has 3 aromatic rings. The van der Waals surface area contributed by atoms with Crippen molar-refractivity contribution in [2.75, 3.05) is 11.9 Å². The molecule has 3 N–H and O–H groups in total. The molecule has 0 heterocycles. The van der Waals surface area contributed by atoms with Gasteiger partial charge in [-0.25, -0.2) is 13.6 Å². The predicted octanol–water partition coefficient (Wildman–Crippen LogP) is 5.99. The number of nitrogens with one attached hydrogen (secondary N) is 1. The number of halogens is 3. The minimum absolute atomic E-state index is 0.0603. The zero-order valence-corrected chi connectivity index (χ0v) is 21.0. The van der Waals surface area contributed by atoms with Crippen LogP contribution in [0.3, 0.4) is 0 Å². The van der Waals surface area contributed by atoms with Crippen LogP contribution in [0, 0.1) is 0 Å². The second-order valence-corrected chi connectivity index (χ2v) is 10.0. The summed E-state index contributed by atoms with van der Waals surface area (Å²) in [6.45, 7) is 3.10. The summed E-state index contributed by atoms with van der Waals surface area (Å²) in [6.07, 6.45) is 0. The van der Waals surface area contributed by atoms with Crippen LogP contribution in [0.5, 0.6) is 11.5 Å². The van der Waals surface area contributed by atoms with Crippen molar-refractivity contribution in [1.82, 2.24) is 0 Å². The summed E-state index contributed by atoms with van der Waals surface area (Å²) in [6, 6.07) is 15.2.